The maximum atomic E-state index is 12.2. The predicted molar refractivity (Wildman–Crippen MR) is 106 cm³/mol. The quantitative estimate of drug-likeness (QED) is 0.347. The number of sulfonamides is 1. The van der Waals surface area contributed by atoms with E-state index in [2.05, 4.69) is 4.72 Å². The van der Waals surface area contributed by atoms with E-state index in [0.717, 1.165) is 11.3 Å². The van der Waals surface area contributed by atoms with Gasteiger partial charge in [-0.25, -0.2) is 13.1 Å². The largest absolute Gasteiger partial charge is 0.466 e. The van der Waals surface area contributed by atoms with Crippen molar-refractivity contribution < 1.29 is 27.5 Å². The Bertz CT molecular complexity index is 966. The van der Waals surface area contributed by atoms with E-state index in [1.165, 1.54) is 11.0 Å². The molecule has 8 nitrogen and oxygen atoms in total. The Morgan fingerprint density at radius 3 is 2.34 bits per heavy atom. The third-order valence-corrected chi connectivity index (χ3v) is 7.16. The van der Waals surface area contributed by atoms with Gasteiger partial charge in [0.2, 0.25) is 10.0 Å². The van der Waals surface area contributed by atoms with Crippen molar-refractivity contribution in [2.75, 3.05) is 19.7 Å². The summed E-state index contributed by atoms with van der Waals surface area (Å²) >= 11 is 1.10. The minimum Gasteiger partial charge on any atom is -0.466 e. The molecular weight excluding hydrogens is 416 g/mol. The zero-order chi connectivity index (χ0) is 20.9. The molecule has 1 aromatic heterocycles. The topological polar surface area (TPSA) is 110 Å². The van der Waals surface area contributed by atoms with Gasteiger partial charge in [-0.2, -0.15) is 0 Å². The summed E-state index contributed by atoms with van der Waals surface area (Å²) < 4.78 is 31.5. The van der Waals surface area contributed by atoms with Crippen molar-refractivity contribution in [2.24, 2.45) is 0 Å². The van der Waals surface area contributed by atoms with E-state index in [9.17, 15) is 22.8 Å². The fraction of sp³-hybridized carbons (Fsp3) is 0.316. The lowest BCUT2D eigenvalue weighted by atomic mass is 10.1. The van der Waals surface area contributed by atoms with Crippen LogP contribution in [-0.2, 0) is 19.6 Å². The van der Waals surface area contributed by atoms with Crippen LogP contribution in [0.4, 0.5) is 0 Å². The van der Waals surface area contributed by atoms with Gasteiger partial charge in [-0.15, -0.1) is 11.3 Å². The van der Waals surface area contributed by atoms with Gasteiger partial charge in [0.1, 0.15) is 4.21 Å². The van der Waals surface area contributed by atoms with Gasteiger partial charge in [-0.05, 0) is 36.4 Å². The van der Waals surface area contributed by atoms with Crippen molar-refractivity contribution in [3.05, 3.63) is 52.9 Å². The van der Waals surface area contributed by atoms with E-state index in [0.29, 0.717) is 24.0 Å². The van der Waals surface area contributed by atoms with Crippen molar-refractivity contribution in [1.29, 1.82) is 0 Å². The second-order valence-corrected chi connectivity index (χ2v) is 9.26. The molecule has 0 aliphatic carbocycles. The third kappa shape index (κ3) is 5.08. The Morgan fingerprint density at radius 1 is 1.03 bits per heavy atom. The second kappa shape index (κ2) is 9.29. The third-order valence-electron chi connectivity index (χ3n) is 4.30. The molecule has 0 spiro atoms. The predicted octanol–water partition coefficient (Wildman–Crippen LogP) is 2.04. The number of esters is 1. The summed E-state index contributed by atoms with van der Waals surface area (Å²) in [6.07, 6.45) is 0.910. The summed E-state index contributed by atoms with van der Waals surface area (Å²) in [7, 11) is -3.59. The van der Waals surface area contributed by atoms with Crippen molar-refractivity contribution in [3.8, 4) is 0 Å². The van der Waals surface area contributed by atoms with Crippen LogP contribution in [-0.4, -0.2) is 50.8 Å². The van der Waals surface area contributed by atoms with Gasteiger partial charge in [-0.3, -0.25) is 19.3 Å². The van der Waals surface area contributed by atoms with Crippen LogP contribution in [0.3, 0.4) is 0 Å². The molecule has 29 heavy (non-hydrogen) atoms. The van der Waals surface area contributed by atoms with Crippen LogP contribution in [0.25, 0.3) is 0 Å². The van der Waals surface area contributed by atoms with Crippen molar-refractivity contribution in [2.45, 2.75) is 23.5 Å². The molecular formula is C19H20N2O6S2. The summed E-state index contributed by atoms with van der Waals surface area (Å²) in [6, 6.07) is 9.81. The molecule has 1 N–H and O–H groups in total. The Kier molecular flexibility index (Phi) is 6.78. The first-order valence-corrected chi connectivity index (χ1v) is 11.4. The molecule has 154 valence electrons. The lowest BCUT2D eigenvalue weighted by Gasteiger charge is -2.13. The maximum Gasteiger partial charge on any atom is 0.307 e. The molecule has 3 rings (SSSR count). The zero-order valence-electron chi connectivity index (χ0n) is 15.5. The van der Waals surface area contributed by atoms with Gasteiger partial charge in [0.15, 0.2) is 0 Å². The standard InChI is InChI=1S/C19H20N2O6S2/c22-16(9-10-20-29(25,26)17-8-5-13-28-17)27-12-4-3-11-21-18(23)14-6-1-2-7-15(14)19(21)24/h1-2,5-8,13,20H,3-4,9-12H2. The lowest BCUT2D eigenvalue weighted by Crippen LogP contribution is -2.30. The highest BCUT2D eigenvalue weighted by Crippen LogP contribution is 2.22. The first kappa shape index (κ1) is 21.2. The molecule has 2 amide bonds. The van der Waals surface area contributed by atoms with Crippen LogP contribution in [0.2, 0.25) is 0 Å². The number of ether oxygens (including phenoxy) is 1. The Labute approximate surface area is 172 Å². The molecule has 0 atom stereocenters. The van der Waals surface area contributed by atoms with Gasteiger partial charge in [-0.1, -0.05) is 18.2 Å². The van der Waals surface area contributed by atoms with E-state index in [1.54, 1.807) is 35.7 Å². The van der Waals surface area contributed by atoms with Gasteiger partial charge < -0.3 is 4.74 Å². The molecule has 2 heterocycles. The van der Waals surface area contributed by atoms with E-state index in [-0.39, 0.29) is 42.1 Å². The molecule has 0 fully saturated rings. The van der Waals surface area contributed by atoms with Gasteiger partial charge >= 0.3 is 5.97 Å². The zero-order valence-corrected chi connectivity index (χ0v) is 17.1. The van der Waals surface area contributed by atoms with E-state index in [1.807, 2.05) is 0 Å². The summed E-state index contributed by atoms with van der Waals surface area (Å²) in [4.78, 5) is 37.4. The fourth-order valence-electron chi connectivity index (χ4n) is 2.85. The number of hydrogen-bond acceptors (Lipinski definition) is 7. The van der Waals surface area contributed by atoms with Gasteiger partial charge in [0.05, 0.1) is 24.2 Å². The number of fused-ring (bicyclic) bond motifs is 1. The monoisotopic (exact) mass is 436 g/mol. The lowest BCUT2D eigenvalue weighted by molar-refractivity contribution is -0.143. The number of hydrogen-bond donors (Lipinski definition) is 1. The minimum atomic E-state index is -3.59. The normalized spacial score (nSPS) is 13.6. The maximum absolute atomic E-state index is 12.2. The molecule has 0 radical (unpaired) electrons. The first-order chi connectivity index (χ1) is 13.9. The highest BCUT2D eigenvalue weighted by Gasteiger charge is 2.34. The number of thiophene rings is 1. The number of amides is 2. The SMILES string of the molecule is O=C(CCNS(=O)(=O)c1cccs1)OCCCCN1C(=O)c2ccccc2C1=O. The number of unbranched alkanes of at least 4 members (excludes halogenated alkanes) is 1. The van der Waals surface area contributed by atoms with Gasteiger partial charge in [0, 0.05) is 13.1 Å². The summed E-state index contributed by atoms with van der Waals surface area (Å²) in [5.41, 5.74) is 0.822. The van der Waals surface area contributed by atoms with Crippen LogP contribution in [0.5, 0.6) is 0 Å². The van der Waals surface area contributed by atoms with Crippen LogP contribution in [0.15, 0.2) is 46.0 Å². The Morgan fingerprint density at radius 2 is 1.72 bits per heavy atom. The van der Waals surface area contributed by atoms with E-state index < -0.39 is 16.0 Å². The molecule has 2 aromatic rings. The van der Waals surface area contributed by atoms with Crippen molar-refractivity contribution in [3.63, 3.8) is 0 Å². The minimum absolute atomic E-state index is 0.0475. The summed E-state index contributed by atoms with van der Waals surface area (Å²) in [5, 5.41) is 1.66. The molecule has 1 aliphatic rings. The molecule has 0 bridgehead atoms. The van der Waals surface area contributed by atoms with Crippen molar-refractivity contribution in [1.82, 2.24) is 9.62 Å². The first-order valence-electron chi connectivity index (χ1n) is 9.04. The van der Waals surface area contributed by atoms with Crippen LogP contribution in [0.1, 0.15) is 40.0 Å². The fourth-order valence-corrected chi connectivity index (χ4v) is 4.92. The number of imide groups is 1. The molecule has 10 heteroatoms. The highest BCUT2D eigenvalue weighted by molar-refractivity contribution is 7.91. The van der Waals surface area contributed by atoms with Crippen molar-refractivity contribution >= 4 is 39.1 Å². The molecule has 0 saturated carbocycles. The Hall–Kier alpha value is -2.56. The van der Waals surface area contributed by atoms with E-state index >= 15 is 0 Å². The number of nitrogens with zero attached hydrogens (tertiary/aromatic N) is 1. The van der Waals surface area contributed by atoms with Gasteiger partial charge in [0.25, 0.3) is 11.8 Å². The average Bonchev–Trinajstić information content (AvgIpc) is 3.32. The number of nitrogens with one attached hydrogen (secondary N) is 1. The molecule has 0 unspecified atom stereocenters. The van der Waals surface area contributed by atoms with Crippen LogP contribution >= 0.6 is 11.3 Å². The molecule has 1 aromatic carbocycles. The molecule has 0 saturated heterocycles. The van der Waals surface area contributed by atoms with Crippen LogP contribution in [0, 0.1) is 0 Å². The second-order valence-electron chi connectivity index (χ2n) is 6.31. The van der Waals surface area contributed by atoms with E-state index in [4.69, 9.17) is 4.74 Å². The van der Waals surface area contributed by atoms with Crippen LogP contribution < -0.4 is 4.72 Å². The number of rotatable bonds is 10. The average molecular weight is 437 g/mol. The molecule has 1 aliphatic heterocycles. The number of benzene rings is 1. The number of carbonyl (C=O) groups is 3. The highest BCUT2D eigenvalue weighted by atomic mass is 32.2. The summed E-state index contributed by atoms with van der Waals surface area (Å²) in [5.74, 6) is -1.12. The smallest absolute Gasteiger partial charge is 0.307 e. The number of carbonyl (C=O) groups excluding carboxylic acids is 3. The Balaban J connectivity index is 1.32. The summed E-state index contributed by atoms with van der Waals surface area (Å²) in [6.45, 7) is 0.346.